The minimum Gasteiger partial charge on any atom is -0.378 e. The van der Waals surface area contributed by atoms with Crippen LogP contribution in [0.2, 0.25) is 0 Å². The van der Waals surface area contributed by atoms with Gasteiger partial charge in [0.1, 0.15) is 0 Å². The highest BCUT2D eigenvalue weighted by Crippen LogP contribution is 2.14. The van der Waals surface area contributed by atoms with Gasteiger partial charge in [-0.2, -0.15) is 0 Å². The third-order valence-corrected chi connectivity index (χ3v) is 4.00. The van der Waals surface area contributed by atoms with Crippen molar-refractivity contribution in [3.05, 3.63) is 0 Å². The Morgan fingerprint density at radius 1 is 1.19 bits per heavy atom. The van der Waals surface area contributed by atoms with Crippen LogP contribution in [0.1, 0.15) is 47.0 Å². The summed E-state index contributed by atoms with van der Waals surface area (Å²) in [6.45, 7) is 12.8. The Morgan fingerprint density at radius 2 is 1.86 bits per heavy atom. The van der Waals surface area contributed by atoms with Crippen molar-refractivity contribution in [2.45, 2.75) is 65.1 Å². The van der Waals surface area contributed by atoms with Crippen molar-refractivity contribution < 1.29 is 4.74 Å². The van der Waals surface area contributed by atoms with Gasteiger partial charge < -0.3 is 15.4 Å². The summed E-state index contributed by atoms with van der Waals surface area (Å²) in [5.41, 5.74) is 0. The fourth-order valence-electron chi connectivity index (χ4n) is 2.86. The smallest absolute Gasteiger partial charge is 0.191 e. The van der Waals surface area contributed by atoms with Crippen molar-refractivity contribution in [1.82, 2.24) is 15.5 Å². The Kier molecular flexibility index (Phi) is 8.69. The zero-order valence-corrected chi connectivity index (χ0v) is 14.5. The maximum Gasteiger partial charge on any atom is 0.191 e. The highest BCUT2D eigenvalue weighted by Gasteiger charge is 2.15. The van der Waals surface area contributed by atoms with Crippen LogP contribution in [0.3, 0.4) is 0 Å². The van der Waals surface area contributed by atoms with Crippen LogP contribution < -0.4 is 10.6 Å². The fourth-order valence-corrected chi connectivity index (χ4v) is 2.86. The Labute approximate surface area is 130 Å². The van der Waals surface area contributed by atoms with Gasteiger partial charge in [-0.25, -0.2) is 0 Å². The van der Waals surface area contributed by atoms with Crippen LogP contribution in [0.25, 0.3) is 0 Å². The molecule has 0 amide bonds. The van der Waals surface area contributed by atoms with Gasteiger partial charge in [0.25, 0.3) is 0 Å². The molecule has 1 atom stereocenters. The summed E-state index contributed by atoms with van der Waals surface area (Å²) in [5.74, 6) is 0.889. The predicted molar refractivity (Wildman–Crippen MR) is 89.9 cm³/mol. The van der Waals surface area contributed by atoms with Gasteiger partial charge in [0.15, 0.2) is 5.96 Å². The van der Waals surface area contributed by atoms with Crippen molar-refractivity contribution in [1.29, 1.82) is 0 Å². The van der Waals surface area contributed by atoms with Crippen LogP contribution >= 0.6 is 0 Å². The van der Waals surface area contributed by atoms with Crippen molar-refractivity contribution in [2.75, 3.05) is 33.3 Å². The van der Waals surface area contributed by atoms with Gasteiger partial charge in [-0.3, -0.25) is 9.89 Å². The third kappa shape index (κ3) is 7.14. The molecule has 1 heterocycles. The maximum atomic E-state index is 5.63. The van der Waals surface area contributed by atoms with E-state index in [2.05, 4.69) is 48.2 Å². The molecule has 1 saturated heterocycles. The quantitative estimate of drug-likeness (QED) is 0.530. The van der Waals surface area contributed by atoms with Gasteiger partial charge in [0.2, 0.25) is 0 Å². The highest BCUT2D eigenvalue weighted by molar-refractivity contribution is 5.79. The lowest BCUT2D eigenvalue weighted by Crippen LogP contribution is -2.45. The van der Waals surface area contributed by atoms with E-state index in [0.29, 0.717) is 18.2 Å². The topological polar surface area (TPSA) is 48.9 Å². The molecule has 2 N–H and O–H groups in total. The number of rotatable bonds is 8. The molecule has 0 bridgehead atoms. The maximum absolute atomic E-state index is 5.63. The molecule has 0 saturated carbocycles. The molecule has 1 fully saturated rings. The van der Waals surface area contributed by atoms with E-state index in [0.717, 1.165) is 38.6 Å². The number of ether oxygens (including phenoxy) is 1. The molecule has 1 unspecified atom stereocenters. The number of aliphatic imine (C=N–C) groups is 1. The van der Waals surface area contributed by atoms with Crippen molar-refractivity contribution in [3.8, 4) is 0 Å². The van der Waals surface area contributed by atoms with E-state index in [1.54, 1.807) is 0 Å². The van der Waals surface area contributed by atoms with E-state index in [1.807, 2.05) is 7.05 Å². The first-order valence-electron chi connectivity index (χ1n) is 8.36. The first-order chi connectivity index (χ1) is 10.0. The first-order valence-corrected chi connectivity index (χ1v) is 8.36. The first kappa shape index (κ1) is 18.2. The van der Waals surface area contributed by atoms with E-state index in [1.165, 1.54) is 12.8 Å². The minimum atomic E-state index is 0.438. The minimum absolute atomic E-state index is 0.438. The van der Waals surface area contributed by atoms with Crippen molar-refractivity contribution in [3.63, 3.8) is 0 Å². The number of hydrogen-bond donors (Lipinski definition) is 2. The third-order valence-electron chi connectivity index (χ3n) is 4.00. The van der Waals surface area contributed by atoms with Crippen LogP contribution in [0, 0.1) is 0 Å². The van der Waals surface area contributed by atoms with E-state index in [9.17, 15) is 0 Å². The van der Waals surface area contributed by atoms with Crippen LogP contribution in [-0.2, 0) is 4.74 Å². The Hall–Kier alpha value is -0.810. The molecule has 21 heavy (non-hydrogen) atoms. The van der Waals surface area contributed by atoms with Gasteiger partial charge >= 0.3 is 0 Å². The highest BCUT2D eigenvalue weighted by atomic mass is 16.5. The second kappa shape index (κ2) is 10.0. The molecule has 5 nitrogen and oxygen atoms in total. The molecular formula is C16H34N4O. The SMILES string of the molecule is CN=C(NCCC1CCCO1)NCCN(C(C)C)C(C)C. The molecule has 1 aliphatic heterocycles. The van der Waals surface area contributed by atoms with Crippen LogP contribution in [-0.4, -0.2) is 62.3 Å². The Bertz CT molecular complexity index is 291. The molecule has 0 aromatic heterocycles. The van der Waals surface area contributed by atoms with Gasteiger partial charge in [0.05, 0.1) is 6.10 Å². The monoisotopic (exact) mass is 298 g/mol. The molecule has 0 aromatic carbocycles. The number of nitrogens with one attached hydrogen (secondary N) is 2. The predicted octanol–water partition coefficient (Wildman–Crippen LogP) is 1.84. The standard InChI is InChI=1S/C16H34N4O/c1-13(2)20(14(3)4)11-10-19-16(17-5)18-9-8-15-7-6-12-21-15/h13-15H,6-12H2,1-5H3,(H2,17,18,19). The van der Waals surface area contributed by atoms with E-state index < -0.39 is 0 Å². The van der Waals surface area contributed by atoms with Crippen LogP contribution in [0.15, 0.2) is 4.99 Å². The summed E-state index contributed by atoms with van der Waals surface area (Å²) < 4.78 is 5.63. The summed E-state index contributed by atoms with van der Waals surface area (Å²) in [4.78, 5) is 6.75. The molecule has 1 aliphatic rings. The summed E-state index contributed by atoms with van der Waals surface area (Å²) >= 11 is 0. The molecular weight excluding hydrogens is 264 g/mol. The molecule has 0 aliphatic carbocycles. The lowest BCUT2D eigenvalue weighted by Gasteiger charge is -2.30. The van der Waals surface area contributed by atoms with Gasteiger partial charge in [-0.15, -0.1) is 0 Å². The van der Waals surface area contributed by atoms with E-state index in [-0.39, 0.29) is 0 Å². The summed E-state index contributed by atoms with van der Waals surface area (Å²) in [7, 11) is 1.82. The zero-order chi connectivity index (χ0) is 15.7. The van der Waals surface area contributed by atoms with E-state index in [4.69, 9.17) is 4.74 Å². The normalized spacial score (nSPS) is 19.8. The molecule has 0 aromatic rings. The zero-order valence-electron chi connectivity index (χ0n) is 14.5. The second-order valence-corrected chi connectivity index (χ2v) is 6.27. The lowest BCUT2D eigenvalue weighted by atomic mass is 10.2. The number of hydrogen-bond acceptors (Lipinski definition) is 3. The van der Waals surface area contributed by atoms with Crippen LogP contribution in [0.5, 0.6) is 0 Å². The molecule has 124 valence electrons. The largest absolute Gasteiger partial charge is 0.378 e. The number of nitrogens with zero attached hydrogens (tertiary/aromatic N) is 2. The lowest BCUT2D eigenvalue weighted by molar-refractivity contribution is 0.105. The summed E-state index contributed by atoms with van der Waals surface area (Å²) in [6, 6.07) is 1.14. The second-order valence-electron chi connectivity index (χ2n) is 6.27. The summed E-state index contributed by atoms with van der Waals surface area (Å²) in [6.07, 6.45) is 3.90. The molecule has 5 heteroatoms. The summed E-state index contributed by atoms with van der Waals surface area (Å²) in [5, 5.41) is 6.76. The Balaban J connectivity index is 2.18. The average Bonchev–Trinajstić information content (AvgIpc) is 2.93. The van der Waals surface area contributed by atoms with Gasteiger partial charge in [0, 0.05) is 45.4 Å². The molecule has 1 rings (SSSR count). The van der Waals surface area contributed by atoms with Crippen molar-refractivity contribution in [2.24, 2.45) is 4.99 Å². The van der Waals surface area contributed by atoms with Crippen LogP contribution in [0.4, 0.5) is 0 Å². The fraction of sp³-hybridized carbons (Fsp3) is 0.938. The molecule has 0 spiro atoms. The Morgan fingerprint density at radius 3 is 2.38 bits per heavy atom. The number of guanidine groups is 1. The average molecular weight is 298 g/mol. The van der Waals surface area contributed by atoms with E-state index >= 15 is 0 Å². The van der Waals surface area contributed by atoms with Gasteiger partial charge in [-0.1, -0.05) is 0 Å². The van der Waals surface area contributed by atoms with Crippen molar-refractivity contribution >= 4 is 5.96 Å². The molecule has 0 radical (unpaired) electrons. The van der Waals surface area contributed by atoms with Gasteiger partial charge in [-0.05, 0) is 47.0 Å².